The Morgan fingerprint density at radius 1 is 1.19 bits per heavy atom. The molecule has 1 saturated carbocycles. The summed E-state index contributed by atoms with van der Waals surface area (Å²) in [6, 6.07) is 14.9. The van der Waals surface area contributed by atoms with Crippen molar-refractivity contribution in [3.8, 4) is 11.5 Å². The van der Waals surface area contributed by atoms with Crippen molar-refractivity contribution in [3.05, 3.63) is 60.0 Å². The van der Waals surface area contributed by atoms with Crippen LogP contribution >= 0.6 is 0 Å². The zero-order chi connectivity index (χ0) is 18.6. The van der Waals surface area contributed by atoms with Crippen LogP contribution in [0.4, 0.5) is 5.82 Å². The number of nitrogens with one attached hydrogen (secondary N) is 1. The molecule has 6 heteroatoms. The molecule has 1 unspecified atom stereocenters. The Kier molecular flexibility index (Phi) is 5.16. The van der Waals surface area contributed by atoms with Gasteiger partial charge < -0.3 is 9.84 Å². The van der Waals surface area contributed by atoms with Crippen LogP contribution in [-0.4, -0.2) is 39.7 Å². The molecule has 3 aromatic rings. The molecule has 140 valence electrons. The van der Waals surface area contributed by atoms with Crippen molar-refractivity contribution in [2.45, 2.75) is 32.4 Å². The van der Waals surface area contributed by atoms with E-state index in [0.717, 1.165) is 30.4 Å². The van der Waals surface area contributed by atoms with Gasteiger partial charge >= 0.3 is 0 Å². The quantitative estimate of drug-likeness (QED) is 0.657. The highest BCUT2D eigenvalue weighted by molar-refractivity contribution is 5.68. The highest BCUT2D eigenvalue weighted by atomic mass is 16.5. The Hall–Kier alpha value is -2.73. The van der Waals surface area contributed by atoms with Crippen LogP contribution in [0.15, 0.2) is 53.2 Å². The zero-order valence-electron chi connectivity index (χ0n) is 15.8. The van der Waals surface area contributed by atoms with Crippen molar-refractivity contribution in [2.75, 3.05) is 18.9 Å². The number of hydrogen-bond acceptors (Lipinski definition) is 6. The molecule has 0 aliphatic heterocycles. The number of rotatable bonds is 8. The standard InChI is InChI=1S/C21H25N5O/c1-15-24-21(27-25-15)18-9-6-12-22-20(18)23-13-19(17-10-11-17)26(2)14-16-7-4-3-5-8-16/h3-9,12,17,19H,10-11,13-14H2,1-2H3,(H,22,23). The van der Waals surface area contributed by atoms with Gasteiger partial charge in [-0.1, -0.05) is 35.5 Å². The summed E-state index contributed by atoms with van der Waals surface area (Å²) in [7, 11) is 2.21. The van der Waals surface area contributed by atoms with Crippen molar-refractivity contribution in [3.63, 3.8) is 0 Å². The maximum Gasteiger partial charge on any atom is 0.261 e. The topological polar surface area (TPSA) is 67.1 Å². The molecule has 1 atom stereocenters. The number of benzene rings is 1. The van der Waals surface area contributed by atoms with E-state index in [1.54, 1.807) is 6.20 Å². The molecule has 1 aliphatic carbocycles. The molecule has 2 heterocycles. The lowest BCUT2D eigenvalue weighted by Crippen LogP contribution is -2.38. The molecule has 0 spiro atoms. The fourth-order valence-electron chi connectivity index (χ4n) is 3.48. The molecule has 27 heavy (non-hydrogen) atoms. The molecule has 6 nitrogen and oxygen atoms in total. The van der Waals surface area contributed by atoms with E-state index in [1.807, 2.05) is 19.1 Å². The number of aryl methyl sites for hydroxylation is 1. The van der Waals surface area contributed by atoms with E-state index < -0.39 is 0 Å². The first-order valence-corrected chi connectivity index (χ1v) is 9.44. The second-order valence-electron chi connectivity index (χ2n) is 7.23. The first-order valence-electron chi connectivity index (χ1n) is 9.44. The van der Waals surface area contributed by atoms with E-state index in [4.69, 9.17) is 4.52 Å². The summed E-state index contributed by atoms with van der Waals surface area (Å²) in [5, 5.41) is 7.42. The molecule has 0 saturated heterocycles. The lowest BCUT2D eigenvalue weighted by Gasteiger charge is -2.29. The molecule has 1 aromatic carbocycles. The van der Waals surface area contributed by atoms with Gasteiger partial charge in [0.15, 0.2) is 5.82 Å². The van der Waals surface area contributed by atoms with Crippen molar-refractivity contribution < 1.29 is 4.52 Å². The van der Waals surface area contributed by atoms with Crippen LogP contribution in [0.5, 0.6) is 0 Å². The van der Waals surface area contributed by atoms with Crippen molar-refractivity contribution in [1.82, 2.24) is 20.0 Å². The first kappa shape index (κ1) is 17.7. The van der Waals surface area contributed by atoms with Crippen LogP contribution in [-0.2, 0) is 6.54 Å². The molecule has 0 radical (unpaired) electrons. The molecule has 1 N–H and O–H groups in total. The predicted octanol–water partition coefficient (Wildman–Crippen LogP) is 3.76. The van der Waals surface area contributed by atoms with Crippen LogP contribution < -0.4 is 5.32 Å². The van der Waals surface area contributed by atoms with Crippen LogP contribution in [0, 0.1) is 12.8 Å². The van der Waals surface area contributed by atoms with E-state index in [-0.39, 0.29) is 0 Å². The number of likely N-dealkylation sites (N-methyl/N-ethyl adjacent to an activating group) is 1. The zero-order valence-corrected chi connectivity index (χ0v) is 15.8. The minimum atomic E-state index is 0.462. The Balaban J connectivity index is 1.46. The Morgan fingerprint density at radius 3 is 2.70 bits per heavy atom. The highest BCUT2D eigenvalue weighted by Gasteiger charge is 2.33. The lowest BCUT2D eigenvalue weighted by atomic mass is 10.1. The van der Waals surface area contributed by atoms with E-state index in [9.17, 15) is 0 Å². The average molecular weight is 363 g/mol. The number of nitrogens with zero attached hydrogens (tertiary/aromatic N) is 4. The summed E-state index contributed by atoms with van der Waals surface area (Å²) in [6.07, 6.45) is 4.38. The predicted molar refractivity (Wildman–Crippen MR) is 105 cm³/mol. The highest BCUT2D eigenvalue weighted by Crippen LogP contribution is 2.36. The van der Waals surface area contributed by atoms with Gasteiger partial charge in [0, 0.05) is 25.3 Å². The third kappa shape index (κ3) is 4.34. The Bertz CT molecular complexity index is 875. The van der Waals surface area contributed by atoms with Crippen LogP contribution in [0.1, 0.15) is 24.2 Å². The molecule has 0 amide bonds. The maximum atomic E-state index is 5.33. The number of aromatic nitrogens is 3. The molecule has 1 fully saturated rings. The third-order valence-electron chi connectivity index (χ3n) is 5.05. The SMILES string of the molecule is Cc1noc(-c2cccnc2NCC(C2CC2)N(C)Cc2ccccc2)n1. The summed E-state index contributed by atoms with van der Waals surface area (Å²) in [5.41, 5.74) is 2.18. The Labute approximate surface area is 159 Å². The van der Waals surface area contributed by atoms with E-state index in [1.165, 1.54) is 18.4 Å². The molecule has 0 bridgehead atoms. The van der Waals surface area contributed by atoms with Gasteiger partial charge in [-0.3, -0.25) is 4.90 Å². The van der Waals surface area contributed by atoms with Gasteiger partial charge in [0.1, 0.15) is 5.82 Å². The van der Waals surface area contributed by atoms with Crippen molar-refractivity contribution in [2.24, 2.45) is 5.92 Å². The van der Waals surface area contributed by atoms with Crippen LogP contribution in [0.3, 0.4) is 0 Å². The third-order valence-corrected chi connectivity index (χ3v) is 5.05. The van der Waals surface area contributed by atoms with Crippen LogP contribution in [0.25, 0.3) is 11.5 Å². The number of anilines is 1. The Morgan fingerprint density at radius 2 is 2.00 bits per heavy atom. The maximum absolute atomic E-state index is 5.33. The first-order chi connectivity index (χ1) is 13.2. The average Bonchev–Trinajstić information content (AvgIpc) is 3.43. The van der Waals surface area contributed by atoms with Gasteiger partial charge in [0.25, 0.3) is 5.89 Å². The largest absolute Gasteiger partial charge is 0.368 e. The second kappa shape index (κ2) is 7.88. The molecular weight excluding hydrogens is 338 g/mol. The smallest absolute Gasteiger partial charge is 0.261 e. The van der Waals surface area contributed by atoms with Gasteiger partial charge in [-0.25, -0.2) is 4.98 Å². The lowest BCUT2D eigenvalue weighted by molar-refractivity contribution is 0.220. The minimum Gasteiger partial charge on any atom is -0.368 e. The number of hydrogen-bond donors (Lipinski definition) is 1. The van der Waals surface area contributed by atoms with E-state index in [0.29, 0.717) is 17.8 Å². The van der Waals surface area contributed by atoms with Gasteiger partial charge in [0.05, 0.1) is 5.56 Å². The fraction of sp³-hybridized carbons (Fsp3) is 0.381. The van der Waals surface area contributed by atoms with E-state index in [2.05, 4.69) is 62.7 Å². The second-order valence-corrected chi connectivity index (χ2v) is 7.23. The molecule has 4 rings (SSSR count). The summed E-state index contributed by atoms with van der Waals surface area (Å²) < 4.78 is 5.33. The van der Waals surface area contributed by atoms with Crippen molar-refractivity contribution >= 4 is 5.82 Å². The summed E-state index contributed by atoms with van der Waals surface area (Å²) >= 11 is 0. The van der Waals surface area contributed by atoms with E-state index >= 15 is 0 Å². The van der Waals surface area contributed by atoms with Crippen LogP contribution in [0.2, 0.25) is 0 Å². The molecular formula is C21H25N5O. The summed E-state index contributed by atoms with van der Waals surface area (Å²) in [6.45, 7) is 3.60. The van der Waals surface area contributed by atoms with Gasteiger partial charge in [0.2, 0.25) is 0 Å². The number of pyridine rings is 1. The van der Waals surface area contributed by atoms with Gasteiger partial charge in [-0.15, -0.1) is 0 Å². The summed E-state index contributed by atoms with van der Waals surface area (Å²) in [4.78, 5) is 11.3. The molecule has 2 aromatic heterocycles. The summed E-state index contributed by atoms with van der Waals surface area (Å²) in [5.74, 6) is 2.66. The molecule has 1 aliphatic rings. The normalized spacial score (nSPS) is 15.1. The van der Waals surface area contributed by atoms with Gasteiger partial charge in [-0.05, 0) is 50.4 Å². The van der Waals surface area contributed by atoms with Gasteiger partial charge in [-0.2, -0.15) is 4.98 Å². The monoisotopic (exact) mass is 363 g/mol. The van der Waals surface area contributed by atoms with Crippen molar-refractivity contribution in [1.29, 1.82) is 0 Å². The fourth-order valence-corrected chi connectivity index (χ4v) is 3.48. The minimum absolute atomic E-state index is 0.462.